The predicted molar refractivity (Wildman–Crippen MR) is 199 cm³/mol. The van der Waals surface area contributed by atoms with Crippen molar-refractivity contribution >= 4 is 11.9 Å². The summed E-state index contributed by atoms with van der Waals surface area (Å²) < 4.78 is 17.0. The number of aryl methyl sites for hydroxylation is 2. The summed E-state index contributed by atoms with van der Waals surface area (Å²) in [6, 6.07) is 16.4. The number of carbonyl (C=O) groups excluding carboxylic acids is 2. The maximum Gasteiger partial charge on any atom is 0.335 e. The highest BCUT2D eigenvalue weighted by molar-refractivity contribution is 5.88. The first-order valence-electron chi connectivity index (χ1n) is 19.0. The number of unbranched alkanes of at least 4 members (excludes halogenated alkanes) is 2. The molecule has 2 atom stereocenters. The van der Waals surface area contributed by atoms with Gasteiger partial charge in [0.05, 0.1) is 50.3 Å². The number of esters is 2. The molecular weight excluding hydrogens is 628 g/mol. The molecule has 2 N–H and O–H groups in total. The van der Waals surface area contributed by atoms with Gasteiger partial charge in [-0.15, -0.1) is 0 Å². The Morgan fingerprint density at radius 1 is 0.840 bits per heavy atom. The van der Waals surface area contributed by atoms with E-state index in [4.69, 9.17) is 24.4 Å². The minimum Gasteiger partial charge on any atom is -0.462 e. The molecule has 0 aromatic heterocycles. The summed E-state index contributed by atoms with van der Waals surface area (Å²) in [6.45, 7) is 11.4. The Hall–Kier alpha value is -3.26. The van der Waals surface area contributed by atoms with Gasteiger partial charge in [-0.1, -0.05) is 82.3 Å². The van der Waals surface area contributed by atoms with E-state index < -0.39 is 25.2 Å². The van der Waals surface area contributed by atoms with Crippen LogP contribution in [0.5, 0.6) is 0 Å². The smallest absolute Gasteiger partial charge is 0.335 e. The van der Waals surface area contributed by atoms with Crippen molar-refractivity contribution < 1.29 is 34.0 Å². The van der Waals surface area contributed by atoms with E-state index in [1.54, 1.807) is 0 Å². The highest BCUT2D eigenvalue weighted by atomic mass is 16.5. The lowest BCUT2D eigenvalue weighted by atomic mass is 9.72. The van der Waals surface area contributed by atoms with Crippen molar-refractivity contribution in [2.45, 2.75) is 109 Å². The van der Waals surface area contributed by atoms with Crippen molar-refractivity contribution in [2.24, 2.45) is 17.8 Å². The Kier molecular flexibility index (Phi) is 16.2. The van der Waals surface area contributed by atoms with E-state index in [9.17, 15) is 9.59 Å². The Morgan fingerprint density at radius 2 is 1.48 bits per heavy atom. The average molecular weight is 689 g/mol. The second-order valence-corrected chi connectivity index (χ2v) is 14.5. The van der Waals surface area contributed by atoms with Gasteiger partial charge in [0, 0.05) is 5.92 Å². The van der Waals surface area contributed by atoms with Gasteiger partial charge in [-0.05, 0) is 116 Å². The third kappa shape index (κ3) is 11.6. The zero-order valence-corrected chi connectivity index (χ0v) is 30.5. The first kappa shape index (κ1) is 39.5. The first-order chi connectivity index (χ1) is 24.3. The molecule has 1 saturated carbocycles. The summed E-state index contributed by atoms with van der Waals surface area (Å²) in [7, 11) is 0. The molecule has 2 aliphatic rings. The van der Waals surface area contributed by atoms with Crippen molar-refractivity contribution in [3.63, 3.8) is 0 Å². The number of hydrogen-bond donors (Lipinski definition) is 2. The van der Waals surface area contributed by atoms with Crippen molar-refractivity contribution in [2.75, 3.05) is 33.0 Å². The molecule has 1 heterocycles. The SMILES string of the molecule is C=C(CO)C(=O)OCC(CCC1CCC(C2CCC(c3ccc(-c4ccc(CCCCC)cc4)c(CC)c3)CC2)CO1)COC(=O)C(=C)CO. The fourth-order valence-electron chi connectivity index (χ4n) is 7.58. The molecular formula is C43H60O7. The highest BCUT2D eigenvalue weighted by Crippen LogP contribution is 2.42. The van der Waals surface area contributed by atoms with Crippen LogP contribution in [0.1, 0.15) is 107 Å². The monoisotopic (exact) mass is 688 g/mol. The maximum absolute atomic E-state index is 12.0. The van der Waals surface area contributed by atoms with Crippen molar-refractivity contribution in [1.82, 2.24) is 0 Å². The molecule has 0 spiro atoms. The Morgan fingerprint density at radius 3 is 2.04 bits per heavy atom. The zero-order valence-electron chi connectivity index (χ0n) is 30.5. The molecule has 274 valence electrons. The van der Waals surface area contributed by atoms with Crippen LogP contribution >= 0.6 is 0 Å². The fourth-order valence-corrected chi connectivity index (χ4v) is 7.58. The summed E-state index contributed by atoms with van der Waals surface area (Å²) >= 11 is 0. The molecule has 2 fully saturated rings. The van der Waals surface area contributed by atoms with Gasteiger partial charge >= 0.3 is 11.9 Å². The van der Waals surface area contributed by atoms with Gasteiger partial charge in [-0.2, -0.15) is 0 Å². The van der Waals surface area contributed by atoms with Gasteiger partial charge in [-0.3, -0.25) is 0 Å². The van der Waals surface area contributed by atoms with E-state index in [0.717, 1.165) is 32.3 Å². The molecule has 1 aliphatic carbocycles. The lowest BCUT2D eigenvalue weighted by Gasteiger charge is -2.38. The minimum absolute atomic E-state index is 0.0249. The second-order valence-electron chi connectivity index (χ2n) is 14.5. The lowest BCUT2D eigenvalue weighted by Crippen LogP contribution is -2.33. The lowest BCUT2D eigenvalue weighted by molar-refractivity contribution is -0.145. The number of benzene rings is 2. The van der Waals surface area contributed by atoms with Gasteiger partial charge < -0.3 is 24.4 Å². The topological polar surface area (TPSA) is 102 Å². The van der Waals surface area contributed by atoms with E-state index in [1.807, 2.05) is 0 Å². The average Bonchev–Trinajstić information content (AvgIpc) is 3.17. The summed E-state index contributed by atoms with van der Waals surface area (Å²) in [4.78, 5) is 24.1. The quantitative estimate of drug-likeness (QED) is 0.0870. The molecule has 7 heteroatoms. The number of aliphatic hydroxyl groups is 2. The van der Waals surface area contributed by atoms with Crippen LogP contribution in [0.4, 0.5) is 0 Å². The maximum atomic E-state index is 12.0. The van der Waals surface area contributed by atoms with E-state index in [1.165, 1.54) is 79.2 Å². The molecule has 0 radical (unpaired) electrons. The molecule has 4 rings (SSSR count). The summed E-state index contributed by atoms with van der Waals surface area (Å²) in [6.07, 6.45) is 14.6. The second kappa shape index (κ2) is 20.6. The first-order valence-corrected chi connectivity index (χ1v) is 19.0. The van der Waals surface area contributed by atoms with Crippen LogP contribution in [0.15, 0.2) is 66.8 Å². The van der Waals surface area contributed by atoms with E-state index >= 15 is 0 Å². The van der Waals surface area contributed by atoms with Crippen LogP contribution < -0.4 is 0 Å². The zero-order chi connectivity index (χ0) is 35.9. The molecule has 2 unspecified atom stereocenters. The third-order valence-corrected chi connectivity index (χ3v) is 10.9. The molecule has 50 heavy (non-hydrogen) atoms. The molecule has 1 aliphatic heterocycles. The summed E-state index contributed by atoms with van der Waals surface area (Å²) in [5.41, 5.74) is 7.01. The summed E-state index contributed by atoms with van der Waals surface area (Å²) in [5, 5.41) is 18.3. The fraction of sp³-hybridized carbons (Fsp3) is 0.581. The van der Waals surface area contributed by atoms with Crippen LogP contribution in [0.3, 0.4) is 0 Å². The predicted octanol–water partition coefficient (Wildman–Crippen LogP) is 8.30. The highest BCUT2D eigenvalue weighted by Gasteiger charge is 2.32. The van der Waals surface area contributed by atoms with Crippen molar-refractivity contribution in [3.8, 4) is 11.1 Å². The molecule has 0 bridgehead atoms. The number of ether oxygens (including phenoxy) is 3. The van der Waals surface area contributed by atoms with Crippen LogP contribution in [-0.2, 0) is 36.6 Å². The minimum atomic E-state index is -0.670. The third-order valence-electron chi connectivity index (χ3n) is 10.9. The van der Waals surface area contributed by atoms with Crippen LogP contribution in [-0.4, -0.2) is 61.3 Å². The van der Waals surface area contributed by atoms with Crippen molar-refractivity contribution in [3.05, 3.63) is 83.5 Å². The number of aliphatic hydroxyl groups excluding tert-OH is 2. The van der Waals surface area contributed by atoms with E-state index in [0.29, 0.717) is 24.2 Å². The Labute approximate surface area is 300 Å². The number of hydrogen-bond acceptors (Lipinski definition) is 7. The number of rotatable bonds is 19. The van der Waals surface area contributed by atoms with Gasteiger partial charge in [0.15, 0.2) is 0 Å². The molecule has 7 nitrogen and oxygen atoms in total. The number of carbonyl (C=O) groups is 2. The van der Waals surface area contributed by atoms with Gasteiger partial charge in [-0.25, -0.2) is 9.59 Å². The van der Waals surface area contributed by atoms with Gasteiger partial charge in [0.25, 0.3) is 0 Å². The van der Waals surface area contributed by atoms with Crippen LogP contribution in [0.25, 0.3) is 11.1 Å². The Bertz CT molecular complexity index is 1350. The van der Waals surface area contributed by atoms with Crippen LogP contribution in [0.2, 0.25) is 0 Å². The molecule has 2 aromatic rings. The molecule has 1 saturated heterocycles. The Balaban J connectivity index is 1.23. The van der Waals surface area contributed by atoms with Gasteiger partial charge in [0.2, 0.25) is 0 Å². The van der Waals surface area contributed by atoms with Gasteiger partial charge in [0.1, 0.15) is 0 Å². The van der Waals surface area contributed by atoms with E-state index in [-0.39, 0.29) is 36.4 Å². The standard InChI is InChI=1S/C43H60O7/c1-5-7-8-9-32-10-13-37(14-11-32)41-23-20-38(24-34(41)6-2)35-15-17-36(18-16-35)39-19-22-40(48-29-39)21-12-33(27-49-42(46)30(3)25-44)28-50-43(47)31(4)26-45/h10-11,13-14,20,23-24,33,35-36,39-40,44-45H,3-9,12,15-19,21-22,25-29H2,1-2H3. The summed E-state index contributed by atoms with van der Waals surface area (Å²) in [5.74, 6) is 0.304. The van der Waals surface area contributed by atoms with E-state index in [2.05, 4.69) is 69.5 Å². The molecule has 0 amide bonds. The van der Waals surface area contributed by atoms with Crippen LogP contribution in [0, 0.1) is 17.8 Å². The largest absolute Gasteiger partial charge is 0.462 e. The van der Waals surface area contributed by atoms with Crippen molar-refractivity contribution in [1.29, 1.82) is 0 Å². The molecule has 2 aromatic carbocycles. The normalized spacial score (nSPS) is 20.7.